The predicted octanol–water partition coefficient (Wildman–Crippen LogP) is 3.42. The second-order valence-corrected chi connectivity index (χ2v) is 7.88. The number of anilines is 1. The second kappa shape index (κ2) is 7.46. The third-order valence-corrected chi connectivity index (χ3v) is 5.73. The Morgan fingerprint density at radius 3 is 2.27 bits per heavy atom. The molecule has 0 aliphatic heterocycles. The predicted molar refractivity (Wildman–Crippen MR) is 121 cm³/mol. The van der Waals surface area contributed by atoms with Gasteiger partial charge < -0.3 is 9.88 Å². The number of hydrogen-bond acceptors (Lipinski definition) is 3. The summed E-state index contributed by atoms with van der Waals surface area (Å²) in [6, 6.07) is 14.9. The number of nitrogens with zero attached hydrogens (tertiary/aromatic N) is 3. The molecule has 0 fully saturated rings. The molecule has 152 valence electrons. The van der Waals surface area contributed by atoms with Crippen LogP contribution in [0.25, 0.3) is 27.8 Å². The van der Waals surface area contributed by atoms with Gasteiger partial charge in [0, 0.05) is 48.6 Å². The summed E-state index contributed by atoms with van der Waals surface area (Å²) in [7, 11) is 3.13. The average molecular weight is 467 g/mol. The van der Waals surface area contributed by atoms with Crippen LogP contribution >= 0.6 is 15.9 Å². The van der Waals surface area contributed by atoms with Crippen molar-refractivity contribution in [2.24, 2.45) is 14.1 Å². The molecule has 7 nitrogen and oxygen atoms in total. The lowest BCUT2D eigenvalue weighted by Crippen LogP contribution is -2.36. The van der Waals surface area contributed by atoms with E-state index in [9.17, 15) is 14.4 Å². The van der Waals surface area contributed by atoms with E-state index in [2.05, 4.69) is 21.2 Å². The van der Waals surface area contributed by atoms with Crippen LogP contribution in [0.15, 0.2) is 68.8 Å². The van der Waals surface area contributed by atoms with Crippen LogP contribution < -0.4 is 16.6 Å². The Morgan fingerprint density at radius 2 is 1.63 bits per heavy atom. The van der Waals surface area contributed by atoms with Gasteiger partial charge in [0.05, 0.1) is 16.6 Å². The zero-order chi connectivity index (χ0) is 21.6. The third kappa shape index (κ3) is 3.19. The van der Waals surface area contributed by atoms with Gasteiger partial charge in [-0.15, -0.1) is 0 Å². The van der Waals surface area contributed by atoms with Crippen molar-refractivity contribution in [2.45, 2.75) is 6.92 Å². The molecular weight excluding hydrogens is 448 g/mol. The van der Waals surface area contributed by atoms with Crippen molar-refractivity contribution in [3.63, 3.8) is 0 Å². The number of rotatable bonds is 3. The molecule has 0 atom stereocenters. The van der Waals surface area contributed by atoms with Crippen LogP contribution in [0.5, 0.6) is 0 Å². The highest BCUT2D eigenvalue weighted by Crippen LogP contribution is 2.35. The maximum Gasteiger partial charge on any atom is 0.330 e. The number of carbonyl (C=O) groups is 1. The Kier molecular flexibility index (Phi) is 4.95. The number of halogens is 1. The van der Waals surface area contributed by atoms with E-state index in [0.29, 0.717) is 22.3 Å². The van der Waals surface area contributed by atoms with Crippen LogP contribution in [-0.4, -0.2) is 19.6 Å². The lowest BCUT2D eigenvalue weighted by atomic mass is 10.1. The smallest absolute Gasteiger partial charge is 0.326 e. The number of carbonyl (C=O) groups excluding carboxylic acids is 1. The summed E-state index contributed by atoms with van der Waals surface area (Å²) < 4.78 is 5.31. The highest BCUT2D eigenvalue weighted by atomic mass is 79.9. The molecule has 1 N–H and O–H groups in total. The highest BCUT2D eigenvalue weighted by Gasteiger charge is 2.21. The number of nitrogens with one attached hydrogen (secondary N) is 1. The van der Waals surface area contributed by atoms with E-state index in [0.717, 1.165) is 20.3 Å². The number of aryl methyl sites for hydroxylation is 1. The minimum atomic E-state index is -0.385. The molecule has 0 aliphatic carbocycles. The van der Waals surface area contributed by atoms with E-state index in [1.807, 2.05) is 41.0 Å². The van der Waals surface area contributed by atoms with E-state index < -0.39 is 0 Å². The van der Waals surface area contributed by atoms with Gasteiger partial charge in [-0.25, -0.2) is 4.79 Å². The molecule has 0 radical (unpaired) electrons. The van der Waals surface area contributed by atoms with Crippen molar-refractivity contribution in [3.8, 4) is 16.9 Å². The normalized spacial score (nSPS) is 11.1. The Balaban J connectivity index is 2.08. The molecule has 2 heterocycles. The minimum absolute atomic E-state index is 0.151. The first kappa shape index (κ1) is 19.9. The van der Waals surface area contributed by atoms with Gasteiger partial charge in [0.2, 0.25) is 5.91 Å². The molecule has 1 amide bonds. The molecule has 8 heteroatoms. The molecular formula is C22H19BrN4O3. The van der Waals surface area contributed by atoms with Crippen LogP contribution in [0, 0.1) is 0 Å². The summed E-state index contributed by atoms with van der Waals surface area (Å²) in [5.74, 6) is -0.151. The van der Waals surface area contributed by atoms with Crippen molar-refractivity contribution >= 4 is 38.4 Å². The van der Waals surface area contributed by atoms with Crippen molar-refractivity contribution < 1.29 is 4.79 Å². The lowest BCUT2D eigenvalue weighted by Gasteiger charge is -2.12. The standard InChI is InChI=1S/C22H19BrN4O3/c1-13(28)24-14-8-10-15(11-9-14)27-12-18-19(21(29)26(3)22(30)25(18)2)20(27)16-6-4-5-7-17(16)23/h4-12H,1-3H3,(H,24,28). The molecule has 2 aromatic heterocycles. The zero-order valence-electron chi connectivity index (χ0n) is 16.6. The van der Waals surface area contributed by atoms with E-state index in [1.165, 1.54) is 18.5 Å². The van der Waals surface area contributed by atoms with Gasteiger partial charge in [-0.2, -0.15) is 0 Å². The quantitative estimate of drug-likeness (QED) is 0.502. The Bertz CT molecular complexity index is 1410. The second-order valence-electron chi connectivity index (χ2n) is 7.02. The SMILES string of the molecule is CC(=O)Nc1ccc(-n2cc3c(c2-c2ccccc2Br)c(=O)n(C)c(=O)n3C)cc1. The van der Waals surface area contributed by atoms with Gasteiger partial charge in [0.1, 0.15) is 0 Å². The number of aromatic nitrogens is 3. The molecule has 4 aromatic rings. The van der Waals surface area contributed by atoms with Gasteiger partial charge in [-0.1, -0.05) is 34.1 Å². The van der Waals surface area contributed by atoms with Gasteiger partial charge in [0.15, 0.2) is 0 Å². The monoisotopic (exact) mass is 466 g/mol. The van der Waals surface area contributed by atoms with Crippen molar-refractivity contribution in [3.05, 3.63) is 80.0 Å². The molecule has 0 saturated carbocycles. The molecule has 0 aliphatic rings. The fraction of sp³-hybridized carbons (Fsp3) is 0.136. The highest BCUT2D eigenvalue weighted by molar-refractivity contribution is 9.10. The summed E-state index contributed by atoms with van der Waals surface area (Å²) in [5.41, 5.74) is 2.78. The fourth-order valence-corrected chi connectivity index (χ4v) is 4.04. The summed E-state index contributed by atoms with van der Waals surface area (Å²) in [6.45, 7) is 1.45. The first-order valence-electron chi connectivity index (χ1n) is 9.23. The lowest BCUT2D eigenvalue weighted by molar-refractivity contribution is -0.114. The molecule has 30 heavy (non-hydrogen) atoms. The topological polar surface area (TPSA) is 78.0 Å². The van der Waals surface area contributed by atoms with E-state index in [-0.39, 0.29) is 17.2 Å². The van der Waals surface area contributed by atoms with Crippen LogP contribution in [-0.2, 0) is 18.9 Å². The summed E-state index contributed by atoms with van der Waals surface area (Å²) in [6.07, 6.45) is 1.79. The number of amides is 1. The largest absolute Gasteiger partial charge is 0.330 e. The molecule has 4 rings (SSSR count). The van der Waals surface area contributed by atoms with Crippen LogP contribution in [0.2, 0.25) is 0 Å². The Labute approximate surface area is 180 Å². The molecule has 0 unspecified atom stereocenters. The van der Waals surface area contributed by atoms with Crippen LogP contribution in [0.3, 0.4) is 0 Å². The Morgan fingerprint density at radius 1 is 0.967 bits per heavy atom. The van der Waals surface area contributed by atoms with E-state index in [4.69, 9.17) is 0 Å². The first-order chi connectivity index (χ1) is 14.3. The summed E-state index contributed by atoms with van der Waals surface area (Å²) >= 11 is 3.59. The first-order valence-corrected chi connectivity index (χ1v) is 10.0. The maximum absolute atomic E-state index is 13.1. The molecule has 0 saturated heterocycles. The maximum atomic E-state index is 13.1. The average Bonchev–Trinajstić information content (AvgIpc) is 3.11. The minimum Gasteiger partial charge on any atom is -0.326 e. The van der Waals surface area contributed by atoms with Gasteiger partial charge in [-0.05, 0) is 30.3 Å². The van der Waals surface area contributed by atoms with Gasteiger partial charge in [-0.3, -0.25) is 18.7 Å². The number of benzene rings is 2. The summed E-state index contributed by atoms with van der Waals surface area (Å²) in [4.78, 5) is 36.9. The molecule has 0 spiro atoms. The van der Waals surface area contributed by atoms with E-state index >= 15 is 0 Å². The molecule has 0 bridgehead atoms. The van der Waals surface area contributed by atoms with Gasteiger partial charge in [0.25, 0.3) is 5.56 Å². The summed E-state index contributed by atoms with van der Waals surface area (Å²) in [5, 5.41) is 3.20. The fourth-order valence-electron chi connectivity index (χ4n) is 3.57. The Hall–Kier alpha value is -3.39. The van der Waals surface area contributed by atoms with Crippen LogP contribution in [0.4, 0.5) is 5.69 Å². The zero-order valence-corrected chi connectivity index (χ0v) is 18.2. The van der Waals surface area contributed by atoms with Crippen LogP contribution in [0.1, 0.15) is 6.92 Å². The third-order valence-electron chi connectivity index (χ3n) is 5.03. The van der Waals surface area contributed by atoms with E-state index in [1.54, 1.807) is 25.4 Å². The molecule has 2 aromatic carbocycles. The van der Waals surface area contributed by atoms with Gasteiger partial charge >= 0.3 is 5.69 Å². The number of hydrogen-bond donors (Lipinski definition) is 1. The van der Waals surface area contributed by atoms with Crippen molar-refractivity contribution in [2.75, 3.05) is 5.32 Å². The number of fused-ring (bicyclic) bond motifs is 1. The van der Waals surface area contributed by atoms with Crippen molar-refractivity contribution in [1.29, 1.82) is 0 Å². The van der Waals surface area contributed by atoms with Crippen molar-refractivity contribution in [1.82, 2.24) is 13.7 Å².